The Labute approximate surface area is 150 Å². The first kappa shape index (κ1) is 22.8. The average molecular weight is 360 g/mol. The SMILES string of the molecule is C=CCOC(=O)NC(CCSC)C(=O)OCCCCCCCCC. The van der Waals surface area contributed by atoms with Gasteiger partial charge in [-0.05, 0) is 24.9 Å². The molecular weight excluding hydrogens is 326 g/mol. The van der Waals surface area contributed by atoms with Gasteiger partial charge >= 0.3 is 12.1 Å². The highest BCUT2D eigenvalue weighted by Crippen LogP contribution is 2.08. The largest absolute Gasteiger partial charge is 0.464 e. The first-order valence-corrected chi connectivity index (χ1v) is 10.2. The third-order valence-electron chi connectivity index (χ3n) is 3.51. The van der Waals surface area contributed by atoms with Gasteiger partial charge in [-0.25, -0.2) is 9.59 Å². The summed E-state index contributed by atoms with van der Waals surface area (Å²) in [5, 5.41) is 2.56. The van der Waals surface area contributed by atoms with Gasteiger partial charge in [0.15, 0.2) is 0 Å². The number of amides is 1. The zero-order valence-corrected chi connectivity index (χ0v) is 16.0. The molecule has 0 aromatic carbocycles. The Kier molecular flexibility index (Phi) is 15.9. The summed E-state index contributed by atoms with van der Waals surface area (Å²) in [6, 6.07) is -0.653. The van der Waals surface area contributed by atoms with Crippen LogP contribution in [0.4, 0.5) is 4.79 Å². The summed E-state index contributed by atoms with van der Waals surface area (Å²) >= 11 is 1.62. The van der Waals surface area contributed by atoms with Crippen LogP contribution in [-0.2, 0) is 14.3 Å². The second-order valence-electron chi connectivity index (χ2n) is 5.65. The van der Waals surface area contributed by atoms with Crippen molar-refractivity contribution in [2.24, 2.45) is 0 Å². The number of carbonyl (C=O) groups is 2. The highest BCUT2D eigenvalue weighted by molar-refractivity contribution is 7.98. The number of hydrogen-bond donors (Lipinski definition) is 1. The van der Waals surface area contributed by atoms with Gasteiger partial charge in [-0.15, -0.1) is 0 Å². The van der Waals surface area contributed by atoms with Gasteiger partial charge in [0.25, 0.3) is 0 Å². The molecule has 0 aliphatic carbocycles. The maximum Gasteiger partial charge on any atom is 0.408 e. The van der Waals surface area contributed by atoms with Gasteiger partial charge in [0.1, 0.15) is 12.6 Å². The molecule has 0 heterocycles. The van der Waals surface area contributed by atoms with Crippen LogP contribution in [0, 0.1) is 0 Å². The quantitative estimate of drug-likeness (QED) is 0.268. The minimum absolute atomic E-state index is 0.119. The number of carbonyl (C=O) groups excluding carboxylic acids is 2. The maximum absolute atomic E-state index is 12.1. The van der Waals surface area contributed by atoms with Gasteiger partial charge < -0.3 is 14.8 Å². The third-order valence-corrected chi connectivity index (χ3v) is 4.16. The van der Waals surface area contributed by atoms with Gasteiger partial charge in [0.05, 0.1) is 6.61 Å². The summed E-state index contributed by atoms with van der Waals surface area (Å²) in [5.74, 6) is 0.379. The molecule has 0 radical (unpaired) electrons. The lowest BCUT2D eigenvalue weighted by Gasteiger charge is -2.17. The molecule has 1 atom stereocenters. The molecule has 0 aliphatic rings. The van der Waals surface area contributed by atoms with Crippen molar-refractivity contribution in [2.75, 3.05) is 25.2 Å². The number of alkyl carbamates (subject to hydrolysis) is 1. The summed E-state index contributed by atoms with van der Waals surface area (Å²) in [6.45, 7) is 6.21. The van der Waals surface area contributed by atoms with E-state index in [1.165, 1.54) is 38.2 Å². The summed E-state index contributed by atoms with van der Waals surface area (Å²) in [5.41, 5.74) is 0. The maximum atomic E-state index is 12.1. The van der Waals surface area contributed by atoms with Crippen LogP contribution in [0.15, 0.2) is 12.7 Å². The topological polar surface area (TPSA) is 64.6 Å². The van der Waals surface area contributed by atoms with Crippen LogP contribution < -0.4 is 5.32 Å². The minimum Gasteiger partial charge on any atom is -0.464 e. The van der Waals surface area contributed by atoms with Crippen molar-refractivity contribution < 1.29 is 19.1 Å². The summed E-state index contributed by atoms with van der Waals surface area (Å²) in [7, 11) is 0. The molecule has 6 heteroatoms. The van der Waals surface area contributed by atoms with Crippen LogP contribution in [-0.4, -0.2) is 43.3 Å². The van der Waals surface area contributed by atoms with E-state index < -0.39 is 12.1 Å². The number of unbranched alkanes of at least 4 members (excludes halogenated alkanes) is 6. The second kappa shape index (κ2) is 16.7. The Morgan fingerprint density at radius 2 is 1.79 bits per heavy atom. The molecule has 5 nitrogen and oxygen atoms in total. The molecule has 140 valence electrons. The predicted molar refractivity (Wildman–Crippen MR) is 100 cm³/mol. The normalized spacial score (nSPS) is 11.6. The lowest BCUT2D eigenvalue weighted by Crippen LogP contribution is -2.42. The number of rotatable bonds is 15. The van der Waals surface area contributed by atoms with Gasteiger partial charge in [-0.2, -0.15) is 11.8 Å². The second-order valence-corrected chi connectivity index (χ2v) is 6.64. The minimum atomic E-state index is -0.653. The highest BCUT2D eigenvalue weighted by Gasteiger charge is 2.22. The van der Waals surface area contributed by atoms with Crippen molar-refractivity contribution in [3.05, 3.63) is 12.7 Å². The lowest BCUT2D eigenvalue weighted by atomic mass is 10.1. The Morgan fingerprint density at radius 3 is 2.42 bits per heavy atom. The summed E-state index contributed by atoms with van der Waals surface area (Å²) < 4.78 is 10.2. The molecule has 0 aromatic rings. The van der Waals surface area contributed by atoms with E-state index in [0.29, 0.717) is 13.0 Å². The number of esters is 1. The predicted octanol–water partition coefficient (Wildman–Crippen LogP) is 4.31. The zero-order chi connectivity index (χ0) is 18.0. The number of hydrogen-bond acceptors (Lipinski definition) is 5. The Hall–Kier alpha value is -1.17. The van der Waals surface area contributed by atoms with Crippen molar-refractivity contribution in [3.63, 3.8) is 0 Å². The van der Waals surface area contributed by atoms with E-state index in [1.807, 2.05) is 6.26 Å². The van der Waals surface area contributed by atoms with E-state index in [9.17, 15) is 9.59 Å². The summed E-state index contributed by atoms with van der Waals surface area (Å²) in [6.07, 6.45) is 11.5. The van der Waals surface area contributed by atoms with Gasteiger partial charge in [0, 0.05) is 0 Å². The molecule has 1 N–H and O–H groups in total. The smallest absolute Gasteiger partial charge is 0.408 e. The molecule has 0 aromatic heterocycles. The fourth-order valence-electron chi connectivity index (χ4n) is 2.14. The third kappa shape index (κ3) is 13.3. The monoisotopic (exact) mass is 359 g/mol. The van der Waals surface area contributed by atoms with Crippen LogP contribution in [0.25, 0.3) is 0 Å². The van der Waals surface area contributed by atoms with Crippen LogP contribution in [0.1, 0.15) is 58.3 Å². The first-order chi connectivity index (χ1) is 11.7. The molecule has 0 fully saturated rings. The lowest BCUT2D eigenvalue weighted by molar-refractivity contribution is -0.146. The molecule has 0 aliphatic heterocycles. The van der Waals surface area contributed by atoms with Gasteiger partial charge in [-0.1, -0.05) is 58.1 Å². The molecule has 24 heavy (non-hydrogen) atoms. The molecule has 0 spiro atoms. The van der Waals surface area contributed by atoms with Crippen LogP contribution >= 0.6 is 11.8 Å². The van der Waals surface area contributed by atoms with E-state index in [4.69, 9.17) is 9.47 Å². The van der Waals surface area contributed by atoms with E-state index in [-0.39, 0.29) is 12.6 Å². The Bertz CT molecular complexity index is 350. The van der Waals surface area contributed by atoms with E-state index in [1.54, 1.807) is 11.8 Å². The molecule has 0 rings (SSSR count). The molecule has 1 unspecified atom stereocenters. The molecule has 0 bridgehead atoms. The van der Waals surface area contributed by atoms with Crippen LogP contribution in [0.3, 0.4) is 0 Å². The van der Waals surface area contributed by atoms with Crippen molar-refractivity contribution in [1.29, 1.82) is 0 Å². The van der Waals surface area contributed by atoms with Gasteiger partial charge in [0.2, 0.25) is 0 Å². The molecule has 0 saturated carbocycles. The highest BCUT2D eigenvalue weighted by atomic mass is 32.2. The van der Waals surface area contributed by atoms with Crippen LogP contribution in [0.2, 0.25) is 0 Å². The molecule has 1 amide bonds. The van der Waals surface area contributed by atoms with Crippen molar-refractivity contribution >= 4 is 23.8 Å². The van der Waals surface area contributed by atoms with Crippen molar-refractivity contribution in [3.8, 4) is 0 Å². The average Bonchev–Trinajstić information content (AvgIpc) is 2.58. The van der Waals surface area contributed by atoms with Crippen molar-refractivity contribution in [1.82, 2.24) is 5.32 Å². The molecular formula is C18H33NO4S. The Morgan fingerprint density at radius 1 is 1.12 bits per heavy atom. The Balaban J connectivity index is 3.98. The standard InChI is InChI=1S/C18H33NO4S/c1-4-6-7-8-9-10-11-14-22-17(20)16(12-15-24-3)19-18(21)23-13-5-2/h5,16H,2,4,6-15H2,1,3H3,(H,19,21). The van der Waals surface area contributed by atoms with E-state index in [2.05, 4.69) is 18.8 Å². The van der Waals surface area contributed by atoms with Gasteiger partial charge in [-0.3, -0.25) is 0 Å². The van der Waals surface area contributed by atoms with Crippen molar-refractivity contribution in [2.45, 2.75) is 64.3 Å². The molecule has 0 saturated heterocycles. The first-order valence-electron chi connectivity index (χ1n) is 8.85. The summed E-state index contributed by atoms with van der Waals surface area (Å²) in [4.78, 5) is 23.7. The number of thioether (sulfide) groups is 1. The van der Waals surface area contributed by atoms with E-state index >= 15 is 0 Å². The number of nitrogens with one attached hydrogen (secondary N) is 1. The van der Waals surface area contributed by atoms with E-state index in [0.717, 1.165) is 18.6 Å². The fraction of sp³-hybridized carbons (Fsp3) is 0.778. The fourth-order valence-corrected chi connectivity index (χ4v) is 2.61. The zero-order valence-electron chi connectivity index (χ0n) is 15.2. The number of ether oxygens (including phenoxy) is 2. The van der Waals surface area contributed by atoms with Crippen LogP contribution in [0.5, 0.6) is 0 Å².